The lowest BCUT2D eigenvalue weighted by Gasteiger charge is -2.17. The van der Waals surface area contributed by atoms with Crippen molar-refractivity contribution in [3.05, 3.63) is 65.5 Å². The average Bonchev–Trinajstić information content (AvgIpc) is 2.40. The molecular weight excluding hydrogens is 236 g/mol. The first-order valence-corrected chi connectivity index (χ1v) is 5.50. The summed E-state index contributed by atoms with van der Waals surface area (Å²) in [4.78, 5) is 3.97. The molecule has 0 aliphatic rings. The summed E-state index contributed by atoms with van der Waals surface area (Å²) in [5.74, 6) is 4.44. The molecule has 0 saturated carbocycles. The fraction of sp³-hybridized carbons (Fsp3) is 0.154. The van der Waals surface area contributed by atoms with E-state index in [1.54, 1.807) is 18.5 Å². The Bertz CT molecular complexity index is 517. The number of benzene rings is 1. The first-order valence-electron chi connectivity index (χ1n) is 5.50. The van der Waals surface area contributed by atoms with Crippen LogP contribution in [0.1, 0.15) is 17.2 Å². The highest BCUT2D eigenvalue weighted by Crippen LogP contribution is 2.21. The van der Waals surface area contributed by atoms with Gasteiger partial charge >= 0.3 is 0 Å². The molecule has 2 aromatic rings. The maximum atomic E-state index is 13.6. The summed E-state index contributed by atoms with van der Waals surface area (Å²) in [7, 11) is 0. The van der Waals surface area contributed by atoms with E-state index < -0.39 is 17.7 Å². The van der Waals surface area contributed by atoms with Crippen molar-refractivity contribution < 1.29 is 8.78 Å². The smallest absolute Gasteiger partial charge is 0.128 e. The molecule has 0 fully saturated rings. The molecule has 1 aromatic heterocycles. The SMILES string of the molecule is NNC(Cc1cccnc1)c1cc(F)ccc1F. The highest BCUT2D eigenvalue weighted by atomic mass is 19.1. The van der Waals surface area contributed by atoms with Crippen LogP contribution in [0.4, 0.5) is 8.78 Å². The summed E-state index contributed by atoms with van der Waals surface area (Å²) in [5, 5.41) is 0. The van der Waals surface area contributed by atoms with Crippen molar-refractivity contribution >= 4 is 0 Å². The van der Waals surface area contributed by atoms with Gasteiger partial charge in [0, 0.05) is 18.0 Å². The molecule has 0 bridgehead atoms. The van der Waals surface area contributed by atoms with Gasteiger partial charge in [-0.1, -0.05) is 6.07 Å². The van der Waals surface area contributed by atoms with Gasteiger partial charge in [0.15, 0.2) is 0 Å². The maximum absolute atomic E-state index is 13.6. The fourth-order valence-corrected chi connectivity index (χ4v) is 1.79. The lowest BCUT2D eigenvalue weighted by atomic mass is 10.00. The van der Waals surface area contributed by atoms with Crippen LogP contribution in [0.15, 0.2) is 42.7 Å². The van der Waals surface area contributed by atoms with Crippen molar-refractivity contribution in [2.45, 2.75) is 12.5 Å². The van der Waals surface area contributed by atoms with Crippen LogP contribution in [0, 0.1) is 11.6 Å². The molecule has 3 N–H and O–H groups in total. The highest BCUT2D eigenvalue weighted by molar-refractivity contribution is 5.24. The van der Waals surface area contributed by atoms with Crippen molar-refractivity contribution in [3.63, 3.8) is 0 Å². The van der Waals surface area contributed by atoms with Crippen LogP contribution in [-0.4, -0.2) is 4.98 Å². The summed E-state index contributed by atoms with van der Waals surface area (Å²) in [6, 6.07) is 6.47. The molecule has 0 aliphatic carbocycles. The van der Waals surface area contributed by atoms with E-state index in [1.807, 2.05) is 6.07 Å². The third-order valence-corrected chi connectivity index (χ3v) is 2.70. The number of nitrogens with one attached hydrogen (secondary N) is 1. The molecule has 1 unspecified atom stereocenters. The van der Waals surface area contributed by atoms with Crippen LogP contribution >= 0.6 is 0 Å². The molecule has 2 rings (SSSR count). The molecule has 3 nitrogen and oxygen atoms in total. The van der Waals surface area contributed by atoms with Crippen molar-refractivity contribution in [1.82, 2.24) is 10.4 Å². The van der Waals surface area contributed by atoms with Gasteiger partial charge in [0.1, 0.15) is 11.6 Å². The number of hydrogen-bond acceptors (Lipinski definition) is 3. The number of nitrogens with zero attached hydrogens (tertiary/aromatic N) is 1. The van der Waals surface area contributed by atoms with Gasteiger partial charge in [-0.25, -0.2) is 8.78 Å². The first kappa shape index (κ1) is 12.6. The topological polar surface area (TPSA) is 50.9 Å². The number of hydrazine groups is 1. The first-order chi connectivity index (χ1) is 8.70. The van der Waals surface area contributed by atoms with E-state index in [9.17, 15) is 8.78 Å². The third kappa shape index (κ3) is 2.88. The van der Waals surface area contributed by atoms with Gasteiger partial charge in [-0.3, -0.25) is 16.3 Å². The minimum atomic E-state index is -0.495. The fourth-order valence-electron chi connectivity index (χ4n) is 1.79. The minimum Gasteiger partial charge on any atom is -0.271 e. The highest BCUT2D eigenvalue weighted by Gasteiger charge is 2.15. The summed E-state index contributed by atoms with van der Waals surface area (Å²) in [6.45, 7) is 0. The van der Waals surface area contributed by atoms with E-state index in [0.29, 0.717) is 6.42 Å². The Morgan fingerprint density at radius 2 is 2.11 bits per heavy atom. The Morgan fingerprint density at radius 1 is 1.28 bits per heavy atom. The number of halogens is 2. The molecule has 0 aliphatic heterocycles. The van der Waals surface area contributed by atoms with Crippen molar-refractivity contribution in [2.75, 3.05) is 0 Å². The van der Waals surface area contributed by atoms with Gasteiger partial charge in [0.25, 0.3) is 0 Å². The quantitative estimate of drug-likeness (QED) is 0.644. The van der Waals surface area contributed by atoms with Gasteiger partial charge in [0.05, 0.1) is 6.04 Å². The number of rotatable bonds is 4. The molecule has 18 heavy (non-hydrogen) atoms. The maximum Gasteiger partial charge on any atom is 0.128 e. The van der Waals surface area contributed by atoms with E-state index >= 15 is 0 Å². The van der Waals surface area contributed by atoms with E-state index in [1.165, 1.54) is 0 Å². The zero-order chi connectivity index (χ0) is 13.0. The van der Waals surface area contributed by atoms with Gasteiger partial charge in [-0.2, -0.15) is 0 Å². The normalized spacial score (nSPS) is 12.4. The molecule has 0 radical (unpaired) electrons. The van der Waals surface area contributed by atoms with Crippen molar-refractivity contribution in [1.29, 1.82) is 0 Å². The van der Waals surface area contributed by atoms with Gasteiger partial charge in [-0.05, 0) is 36.2 Å². The summed E-state index contributed by atoms with van der Waals surface area (Å²) < 4.78 is 26.8. The Balaban J connectivity index is 2.26. The second-order valence-electron chi connectivity index (χ2n) is 3.95. The van der Waals surface area contributed by atoms with Crippen LogP contribution < -0.4 is 11.3 Å². The Morgan fingerprint density at radius 3 is 2.78 bits per heavy atom. The Labute approximate surface area is 104 Å². The van der Waals surface area contributed by atoms with E-state index in [2.05, 4.69) is 10.4 Å². The largest absolute Gasteiger partial charge is 0.271 e. The summed E-state index contributed by atoms with van der Waals surface area (Å²) >= 11 is 0. The average molecular weight is 249 g/mol. The number of nitrogens with two attached hydrogens (primary N) is 1. The Kier molecular flexibility index (Phi) is 3.96. The van der Waals surface area contributed by atoms with Crippen molar-refractivity contribution in [2.24, 2.45) is 5.84 Å². The predicted octanol–water partition coefficient (Wildman–Crippen LogP) is 2.11. The van der Waals surface area contributed by atoms with Crippen LogP contribution in [-0.2, 0) is 6.42 Å². The minimum absolute atomic E-state index is 0.210. The standard InChI is InChI=1S/C13H13F2N3/c14-10-3-4-12(15)11(7-10)13(18-16)6-9-2-1-5-17-8-9/h1-5,7-8,13,18H,6,16H2. The zero-order valence-corrected chi connectivity index (χ0v) is 9.61. The molecular formula is C13H13F2N3. The van der Waals surface area contributed by atoms with E-state index in [4.69, 9.17) is 5.84 Å². The van der Waals surface area contributed by atoms with E-state index in [0.717, 1.165) is 23.8 Å². The van der Waals surface area contributed by atoms with E-state index in [-0.39, 0.29) is 5.56 Å². The van der Waals surface area contributed by atoms with Crippen LogP contribution in [0.3, 0.4) is 0 Å². The van der Waals surface area contributed by atoms with Gasteiger partial charge in [0.2, 0.25) is 0 Å². The second kappa shape index (κ2) is 5.66. The molecule has 0 spiro atoms. The lowest BCUT2D eigenvalue weighted by molar-refractivity contribution is 0.502. The predicted molar refractivity (Wildman–Crippen MR) is 64.4 cm³/mol. The van der Waals surface area contributed by atoms with Crippen LogP contribution in [0.25, 0.3) is 0 Å². The number of hydrogen-bond donors (Lipinski definition) is 2. The molecule has 94 valence electrons. The van der Waals surface area contributed by atoms with Gasteiger partial charge < -0.3 is 0 Å². The van der Waals surface area contributed by atoms with Crippen molar-refractivity contribution in [3.8, 4) is 0 Å². The Hall–Kier alpha value is -1.85. The lowest BCUT2D eigenvalue weighted by Crippen LogP contribution is -2.30. The monoisotopic (exact) mass is 249 g/mol. The molecule has 0 amide bonds. The molecule has 1 heterocycles. The number of pyridine rings is 1. The van der Waals surface area contributed by atoms with Crippen LogP contribution in [0.5, 0.6) is 0 Å². The molecule has 1 atom stereocenters. The number of aromatic nitrogens is 1. The second-order valence-corrected chi connectivity index (χ2v) is 3.95. The molecule has 1 aromatic carbocycles. The molecule has 0 saturated heterocycles. The molecule has 5 heteroatoms. The summed E-state index contributed by atoms with van der Waals surface area (Å²) in [6.07, 6.45) is 3.75. The summed E-state index contributed by atoms with van der Waals surface area (Å²) in [5.41, 5.74) is 3.60. The third-order valence-electron chi connectivity index (χ3n) is 2.70. The van der Waals surface area contributed by atoms with Gasteiger partial charge in [-0.15, -0.1) is 0 Å². The zero-order valence-electron chi connectivity index (χ0n) is 9.61. The van der Waals surface area contributed by atoms with Crippen LogP contribution in [0.2, 0.25) is 0 Å².